The van der Waals surface area contributed by atoms with Gasteiger partial charge in [-0.3, -0.25) is 19.5 Å². The van der Waals surface area contributed by atoms with Crippen molar-refractivity contribution in [3.63, 3.8) is 0 Å². The lowest BCUT2D eigenvalue weighted by Crippen LogP contribution is -2.33. The molecule has 0 spiro atoms. The highest BCUT2D eigenvalue weighted by Gasteiger charge is 2.19. The third-order valence-corrected chi connectivity index (χ3v) is 3.94. The Morgan fingerprint density at radius 1 is 1.26 bits per heavy atom. The van der Waals surface area contributed by atoms with Gasteiger partial charge in [0.2, 0.25) is 5.91 Å². The van der Waals surface area contributed by atoms with E-state index < -0.39 is 23.1 Å². The largest absolute Gasteiger partial charge is 0.356 e. The van der Waals surface area contributed by atoms with E-state index in [1.807, 2.05) is 0 Å². The number of Topliss-reactive ketones (excluding diaryl/α,β-unsaturated/α-hetero) is 1. The van der Waals surface area contributed by atoms with Crippen molar-refractivity contribution in [1.82, 2.24) is 15.5 Å². The number of hydrogen-bond donors (Lipinski definition) is 3. The maximum Gasteiger partial charge on any atom is 0.261 e. The molecule has 2 heterocycles. The molecule has 3 N–H and O–H groups in total. The van der Waals surface area contributed by atoms with Crippen molar-refractivity contribution in [1.29, 1.82) is 0 Å². The molecule has 1 saturated heterocycles. The number of carbonyl (C=O) groups is 3. The first-order valence-electron chi connectivity index (χ1n) is 8.36. The van der Waals surface area contributed by atoms with Crippen molar-refractivity contribution < 1.29 is 23.2 Å². The van der Waals surface area contributed by atoms with Crippen LogP contribution in [0.2, 0.25) is 0 Å². The predicted molar refractivity (Wildman–Crippen MR) is 94.3 cm³/mol. The molecule has 1 aliphatic rings. The van der Waals surface area contributed by atoms with Crippen LogP contribution in [0.25, 0.3) is 0 Å². The minimum absolute atomic E-state index is 0.0603. The fourth-order valence-electron chi connectivity index (χ4n) is 2.40. The third-order valence-electron chi connectivity index (χ3n) is 3.94. The van der Waals surface area contributed by atoms with Gasteiger partial charge in [-0.2, -0.15) is 5.10 Å². The molecule has 0 aliphatic carbocycles. The van der Waals surface area contributed by atoms with Crippen molar-refractivity contribution >= 4 is 23.3 Å². The first kappa shape index (κ1) is 20.2. The van der Waals surface area contributed by atoms with E-state index in [1.54, 1.807) is 0 Å². The number of H-pyrrole nitrogens is 1. The van der Waals surface area contributed by atoms with Gasteiger partial charge in [0.15, 0.2) is 5.78 Å². The highest BCUT2D eigenvalue weighted by Crippen LogP contribution is 2.17. The Balaban J connectivity index is 0.000000273. The van der Waals surface area contributed by atoms with Crippen LogP contribution >= 0.6 is 0 Å². The van der Waals surface area contributed by atoms with Gasteiger partial charge in [0.25, 0.3) is 5.91 Å². The molecule has 1 fully saturated rings. The number of nitrogens with one attached hydrogen (secondary N) is 3. The van der Waals surface area contributed by atoms with Gasteiger partial charge in [-0.15, -0.1) is 0 Å². The SMILES string of the molecule is CC(=O)c1[nH]ncc1NC(=O)c1c(F)cccc1F.CC1CCC(=O)NC1. The summed E-state index contributed by atoms with van der Waals surface area (Å²) in [5.74, 6) is -2.41. The highest BCUT2D eigenvalue weighted by molar-refractivity contribution is 6.08. The molecular formula is C18H20F2N4O3. The number of aromatic amines is 1. The zero-order valence-corrected chi connectivity index (χ0v) is 14.9. The fraction of sp³-hybridized carbons (Fsp3) is 0.333. The van der Waals surface area contributed by atoms with Crippen molar-refractivity contribution in [3.05, 3.63) is 47.3 Å². The zero-order chi connectivity index (χ0) is 20.0. The molecule has 9 heteroatoms. The summed E-state index contributed by atoms with van der Waals surface area (Å²) < 4.78 is 26.8. The van der Waals surface area contributed by atoms with Gasteiger partial charge in [0.05, 0.1) is 11.9 Å². The zero-order valence-electron chi connectivity index (χ0n) is 14.9. The highest BCUT2D eigenvalue weighted by atomic mass is 19.1. The van der Waals surface area contributed by atoms with E-state index in [0.717, 1.165) is 37.6 Å². The second-order valence-electron chi connectivity index (χ2n) is 6.21. The molecule has 7 nitrogen and oxygen atoms in total. The molecule has 1 aromatic heterocycles. The molecule has 1 aromatic carbocycles. The molecular weight excluding hydrogens is 358 g/mol. The average molecular weight is 378 g/mol. The van der Waals surface area contributed by atoms with Crippen LogP contribution in [0.4, 0.5) is 14.5 Å². The first-order valence-corrected chi connectivity index (χ1v) is 8.36. The van der Waals surface area contributed by atoms with Crippen molar-refractivity contribution in [2.45, 2.75) is 26.7 Å². The van der Waals surface area contributed by atoms with Crippen LogP contribution in [0, 0.1) is 17.6 Å². The van der Waals surface area contributed by atoms with Crippen LogP contribution in [0.15, 0.2) is 24.4 Å². The lowest BCUT2D eigenvalue weighted by Gasteiger charge is -2.17. The summed E-state index contributed by atoms with van der Waals surface area (Å²) in [4.78, 5) is 33.5. The van der Waals surface area contributed by atoms with E-state index in [-0.39, 0.29) is 23.1 Å². The minimum atomic E-state index is -0.987. The molecule has 2 aromatic rings. The summed E-state index contributed by atoms with van der Waals surface area (Å²) in [7, 11) is 0. The minimum Gasteiger partial charge on any atom is -0.356 e. The van der Waals surface area contributed by atoms with E-state index in [2.05, 4.69) is 27.8 Å². The van der Waals surface area contributed by atoms with Crippen LogP contribution in [-0.2, 0) is 4.79 Å². The molecule has 1 aliphatic heterocycles. The molecule has 144 valence electrons. The fourth-order valence-corrected chi connectivity index (χ4v) is 2.40. The van der Waals surface area contributed by atoms with Crippen LogP contribution in [0.1, 0.15) is 47.5 Å². The summed E-state index contributed by atoms with van der Waals surface area (Å²) in [5.41, 5.74) is -0.580. The first-order chi connectivity index (χ1) is 12.8. The summed E-state index contributed by atoms with van der Waals surface area (Å²) in [6.07, 6.45) is 2.97. The lowest BCUT2D eigenvalue weighted by atomic mass is 10.0. The van der Waals surface area contributed by atoms with Crippen LogP contribution < -0.4 is 10.6 Å². The van der Waals surface area contributed by atoms with Gasteiger partial charge in [-0.1, -0.05) is 13.0 Å². The quantitative estimate of drug-likeness (QED) is 0.714. The smallest absolute Gasteiger partial charge is 0.261 e. The maximum atomic E-state index is 13.4. The number of benzene rings is 1. The Kier molecular flexibility index (Phi) is 6.75. The van der Waals surface area contributed by atoms with Crippen molar-refractivity contribution in [2.24, 2.45) is 5.92 Å². The van der Waals surface area contributed by atoms with Crippen LogP contribution in [0.3, 0.4) is 0 Å². The van der Waals surface area contributed by atoms with E-state index in [4.69, 9.17) is 0 Å². The second-order valence-corrected chi connectivity index (χ2v) is 6.21. The Bertz CT molecular complexity index is 821. The number of halogens is 2. The number of hydrogen-bond acceptors (Lipinski definition) is 4. The summed E-state index contributed by atoms with van der Waals surface area (Å²) in [6, 6.07) is 3.10. The number of ketones is 1. The normalized spacial score (nSPS) is 16.0. The Hall–Kier alpha value is -3.10. The molecule has 0 saturated carbocycles. The number of anilines is 1. The molecule has 1 unspecified atom stereocenters. The topological polar surface area (TPSA) is 104 Å². The van der Waals surface area contributed by atoms with Crippen molar-refractivity contribution in [2.75, 3.05) is 11.9 Å². The maximum absolute atomic E-state index is 13.4. The Morgan fingerprint density at radius 3 is 2.44 bits per heavy atom. The monoisotopic (exact) mass is 378 g/mol. The molecule has 1 atom stereocenters. The average Bonchev–Trinajstić information content (AvgIpc) is 3.06. The van der Waals surface area contributed by atoms with Gasteiger partial charge in [0, 0.05) is 19.9 Å². The number of amides is 2. The molecule has 0 bridgehead atoms. The number of rotatable bonds is 3. The van der Waals surface area contributed by atoms with E-state index >= 15 is 0 Å². The molecule has 3 rings (SSSR count). The molecule has 27 heavy (non-hydrogen) atoms. The van der Waals surface area contributed by atoms with Crippen LogP contribution in [-0.4, -0.2) is 34.3 Å². The number of nitrogens with zero attached hydrogens (tertiary/aromatic N) is 1. The van der Waals surface area contributed by atoms with Gasteiger partial charge < -0.3 is 10.6 Å². The van der Waals surface area contributed by atoms with Gasteiger partial charge >= 0.3 is 0 Å². The summed E-state index contributed by atoms with van der Waals surface area (Å²) in [6.45, 7) is 4.30. The predicted octanol–water partition coefficient (Wildman–Crippen LogP) is 2.68. The third kappa shape index (κ3) is 5.44. The molecule has 2 amide bonds. The van der Waals surface area contributed by atoms with E-state index in [1.165, 1.54) is 13.1 Å². The Labute approximate surface area is 154 Å². The van der Waals surface area contributed by atoms with Gasteiger partial charge in [-0.05, 0) is 24.5 Å². The van der Waals surface area contributed by atoms with Crippen LogP contribution in [0.5, 0.6) is 0 Å². The van der Waals surface area contributed by atoms with Gasteiger partial charge in [-0.25, -0.2) is 8.78 Å². The summed E-state index contributed by atoms with van der Waals surface area (Å²) in [5, 5.41) is 11.0. The second kappa shape index (κ2) is 9.02. The Morgan fingerprint density at radius 2 is 1.93 bits per heavy atom. The van der Waals surface area contributed by atoms with E-state index in [9.17, 15) is 23.2 Å². The number of carbonyl (C=O) groups excluding carboxylic acids is 3. The van der Waals surface area contributed by atoms with E-state index in [0.29, 0.717) is 5.92 Å². The summed E-state index contributed by atoms with van der Waals surface area (Å²) >= 11 is 0. The standard InChI is InChI=1S/C12H9F2N3O2.C6H11NO/c1-6(18)11-9(5-15-17-11)16-12(19)10-7(13)3-2-4-8(10)14;1-5-2-3-6(8)7-4-5/h2-5H,1H3,(H,15,17)(H,16,19);5H,2-4H2,1H3,(H,7,8). The molecule has 0 radical (unpaired) electrons. The number of aromatic nitrogens is 2. The number of piperidine rings is 1. The lowest BCUT2D eigenvalue weighted by molar-refractivity contribution is -0.122. The van der Waals surface area contributed by atoms with Crippen molar-refractivity contribution in [3.8, 4) is 0 Å². The van der Waals surface area contributed by atoms with Gasteiger partial charge in [0.1, 0.15) is 22.9 Å².